The largest absolute Gasteiger partial charge is 0.496 e. The minimum absolute atomic E-state index is 0.670. The number of hydrogen-bond donors (Lipinski definition) is 0. The number of ether oxygens (including phenoxy) is 2. The molecule has 0 aliphatic heterocycles. The summed E-state index contributed by atoms with van der Waals surface area (Å²) in [5.41, 5.74) is 1.84. The minimum Gasteiger partial charge on any atom is -0.496 e. The van der Waals surface area contributed by atoms with Crippen LogP contribution in [0.2, 0.25) is 0 Å². The molecule has 0 N–H and O–H groups in total. The fraction of sp³-hybridized carbons (Fsp3) is 0.188. The second-order valence-corrected chi connectivity index (χ2v) is 3.93. The highest BCUT2D eigenvalue weighted by Crippen LogP contribution is 2.20. The Bertz CT molecular complexity index is 547. The molecule has 0 radical (unpaired) electrons. The van der Waals surface area contributed by atoms with Crippen LogP contribution < -0.4 is 9.47 Å². The second kappa shape index (κ2) is 6.59. The van der Waals surface area contributed by atoms with Crippen LogP contribution in [0.4, 0.5) is 5.69 Å². The van der Waals surface area contributed by atoms with Crippen LogP contribution in [0.25, 0.3) is 0 Å². The molecule has 2 aromatic carbocycles. The summed E-state index contributed by atoms with van der Waals surface area (Å²) in [7, 11) is 1.66. The molecular formula is C16H17NO2. The lowest BCUT2D eigenvalue weighted by Gasteiger charge is -2.04. The minimum atomic E-state index is 0.670. The molecule has 0 spiro atoms. The Labute approximate surface area is 113 Å². The van der Waals surface area contributed by atoms with Crippen LogP contribution in [0.5, 0.6) is 11.5 Å². The number of benzene rings is 2. The lowest BCUT2D eigenvalue weighted by atomic mass is 10.2. The Morgan fingerprint density at radius 1 is 1.05 bits per heavy atom. The maximum Gasteiger partial charge on any atom is 0.127 e. The molecule has 0 saturated heterocycles. The fourth-order valence-electron chi connectivity index (χ4n) is 1.71. The monoisotopic (exact) mass is 255 g/mol. The molecule has 0 aliphatic carbocycles. The first kappa shape index (κ1) is 13.1. The summed E-state index contributed by atoms with van der Waals surface area (Å²) in [5, 5.41) is 0. The van der Waals surface area contributed by atoms with Crippen LogP contribution in [-0.4, -0.2) is 19.9 Å². The van der Waals surface area contributed by atoms with E-state index in [9.17, 15) is 0 Å². The highest BCUT2D eigenvalue weighted by molar-refractivity contribution is 5.85. The Kier molecular flexibility index (Phi) is 4.56. The smallest absolute Gasteiger partial charge is 0.127 e. The fourth-order valence-corrected chi connectivity index (χ4v) is 1.71. The summed E-state index contributed by atoms with van der Waals surface area (Å²) >= 11 is 0. The first-order valence-corrected chi connectivity index (χ1v) is 6.23. The average Bonchev–Trinajstić information content (AvgIpc) is 2.47. The number of methoxy groups -OCH3 is 1. The molecule has 0 aliphatic rings. The van der Waals surface area contributed by atoms with Crippen molar-refractivity contribution in [3.63, 3.8) is 0 Å². The summed E-state index contributed by atoms with van der Waals surface area (Å²) in [4.78, 5) is 4.43. The standard InChI is InChI=1S/C16H17NO2/c1-3-19-15-10-8-14(9-11-15)17-12-13-6-4-5-7-16(13)18-2/h4-12H,3H2,1-2H3. The van der Waals surface area contributed by atoms with Crippen molar-refractivity contribution in [3.8, 4) is 11.5 Å². The lowest BCUT2D eigenvalue weighted by molar-refractivity contribution is 0.340. The van der Waals surface area contributed by atoms with Gasteiger partial charge in [-0.05, 0) is 43.3 Å². The van der Waals surface area contributed by atoms with Gasteiger partial charge in [-0.2, -0.15) is 0 Å². The molecule has 0 atom stereocenters. The van der Waals surface area contributed by atoms with Crippen molar-refractivity contribution < 1.29 is 9.47 Å². The van der Waals surface area contributed by atoms with Gasteiger partial charge in [0.25, 0.3) is 0 Å². The van der Waals surface area contributed by atoms with Crippen molar-refractivity contribution in [2.75, 3.05) is 13.7 Å². The lowest BCUT2D eigenvalue weighted by Crippen LogP contribution is -1.90. The molecule has 2 aromatic rings. The Morgan fingerprint density at radius 3 is 2.47 bits per heavy atom. The van der Waals surface area contributed by atoms with Crippen molar-refractivity contribution in [3.05, 3.63) is 54.1 Å². The third-order valence-corrected chi connectivity index (χ3v) is 2.64. The van der Waals surface area contributed by atoms with E-state index < -0.39 is 0 Å². The molecule has 0 unspecified atom stereocenters. The molecule has 0 aromatic heterocycles. The number of nitrogens with zero attached hydrogens (tertiary/aromatic N) is 1. The van der Waals surface area contributed by atoms with E-state index in [0.717, 1.165) is 22.7 Å². The third-order valence-electron chi connectivity index (χ3n) is 2.64. The van der Waals surface area contributed by atoms with Gasteiger partial charge in [-0.3, -0.25) is 4.99 Å². The van der Waals surface area contributed by atoms with E-state index in [-0.39, 0.29) is 0 Å². The predicted octanol–water partition coefficient (Wildman–Crippen LogP) is 3.84. The van der Waals surface area contributed by atoms with Gasteiger partial charge in [-0.1, -0.05) is 12.1 Å². The number of aliphatic imine (C=N–C) groups is 1. The second-order valence-electron chi connectivity index (χ2n) is 3.93. The SMILES string of the molecule is CCOc1ccc(N=Cc2ccccc2OC)cc1. The van der Waals surface area contributed by atoms with Crippen LogP contribution in [0.3, 0.4) is 0 Å². The van der Waals surface area contributed by atoms with Crippen molar-refractivity contribution in [2.45, 2.75) is 6.92 Å². The van der Waals surface area contributed by atoms with Gasteiger partial charge in [0.2, 0.25) is 0 Å². The van der Waals surface area contributed by atoms with E-state index in [0.29, 0.717) is 6.61 Å². The normalized spacial score (nSPS) is 10.6. The van der Waals surface area contributed by atoms with Gasteiger partial charge in [0.1, 0.15) is 11.5 Å². The Morgan fingerprint density at radius 2 is 1.79 bits per heavy atom. The quantitative estimate of drug-likeness (QED) is 0.760. The van der Waals surface area contributed by atoms with E-state index in [2.05, 4.69) is 4.99 Å². The first-order chi connectivity index (χ1) is 9.33. The zero-order chi connectivity index (χ0) is 13.5. The molecule has 0 bridgehead atoms. The van der Waals surface area contributed by atoms with E-state index in [4.69, 9.17) is 9.47 Å². The molecule has 98 valence electrons. The number of para-hydroxylation sites is 1. The summed E-state index contributed by atoms with van der Waals surface area (Å²) < 4.78 is 10.7. The molecule has 0 amide bonds. The van der Waals surface area contributed by atoms with Crippen molar-refractivity contribution in [2.24, 2.45) is 4.99 Å². The molecule has 0 fully saturated rings. The molecule has 0 heterocycles. The summed E-state index contributed by atoms with van der Waals surface area (Å²) in [6.07, 6.45) is 1.80. The maximum atomic E-state index is 5.39. The van der Waals surface area contributed by atoms with Crippen molar-refractivity contribution >= 4 is 11.9 Å². The van der Waals surface area contributed by atoms with Crippen LogP contribution in [0, 0.1) is 0 Å². The van der Waals surface area contributed by atoms with Gasteiger partial charge in [0.15, 0.2) is 0 Å². The van der Waals surface area contributed by atoms with Crippen LogP contribution >= 0.6 is 0 Å². The van der Waals surface area contributed by atoms with Crippen molar-refractivity contribution in [1.29, 1.82) is 0 Å². The van der Waals surface area contributed by atoms with E-state index in [1.165, 1.54) is 0 Å². The number of rotatable bonds is 5. The molecule has 3 heteroatoms. The Balaban J connectivity index is 2.13. The Hall–Kier alpha value is -2.29. The zero-order valence-electron chi connectivity index (χ0n) is 11.2. The molecule has 3 nitrogen and oxygen atoms in total. The molecule has 0 saturated carbocycles. The summed E-state index contributed by atoms with van der Waals surface area (Å²) in [5.74, 6) is 1.68. The van der Waals surface area contributed by atoms with Gasteiger partial charge in [0, 0.05) is 11.8 Å². The predicted molar refractivity (Wildman–Crippen MR) is 77.9 cm³/mol. The van der Waals surface area contributed by atoms with E-state index >= 15 is 0 Å². The highest BCUT2D eigenvalue weighted by atomic mass is 16.5. The topological polar surface area (TPSA) is 30.8 Å². The summed E-state index contributed by atoms with van der Waals surface area (Å²) in [6.45, 7) is 2.64. The van der Waals surface area contributed by atoms with Gasteiger partial charge in [-0.15, -0.1) is 0 Å². The molecule has 2 rings (SSSR count). The molecular weight excluding hydrogens is 238 g/mol. The van der Waals surface area contributed by atoms with Gasteiger partial charge in [0.05, 0.1) is 19.4 Å². The van der Waals surface area contributed by atoms with Crippen molar-refractivity contribution in [1.82, 2.24) is 0 Å². The van der Waals surface area contributed by atoms with Crippen LogP contribution in [-0.2, 0) is 0 Å². The van der Waals surface area contributed by atoms with Crippen LogP contribution in [0.1, 0.15) is 12.5 Å². The average molecular weight is 255 g/mol. The number of hydrogen-bond acceptors (Lipinski definition) is 3. The van der Waals surface area contributed by atoms with Gasteiger partial charge < -0.3 is 9.47 Å². The summed E-state index contributed by atoms with van der Waals surface area (Å²) in [6, 6.07) is 15.5. The first-order valence-electron chi connectivity index (χ1n) is 6.23. The van der Waals surface area contributed by atoms with Gasteiger partial charge in [-0.25, -0.2) is 0 Å². The molecule has 19 heavy (non-hydrogen) atoms. The zero-order valence-corrected chi connectivity index (χ0v) is 11.2. The van der Waals surface area contributed by atoms with E-state index in [1.54, 1.807) is 13.3 Å². The highest BCUT2D eigenvalue weighted by Gasteiger charge is 1.98. The van der Waals surface area contributed by atoms with E-state index in [1.807, 2.05) is 55.5 Å². The third kappa shape index (κ3) is 3.58. The van der Waals surface area contributed by atoms with Crippen LogP contribution in [0.15, 0.2) is 53.5 Å². The maximum absolute atomic E-state index is 5.39. The van der Waals surface area contributed by atoms with Gasteiger partial charge >= 0.3 is 0 Å².